The van der Waals surface area contributed by atoms with E-state index in [1.54, 1.807) is 7.11 Å². The maximum atomic E-state index is 5.64. The van der Waals surface area contributed by atoms with Gasteiger partial charge in [-0.3, -0.25) is 0 Å². The van der Waals surface area contributed by atoms with E-state index in [9.17, 15) is 0 Å². The van der Waals surface area contributed by atoms with Crippen LogP contribution in [0.25, 0.3) is 22.4 Å². The molecule has 5 heterocycles. The highest BCUT2D eigenvalue weighted by atomic mass is 32.2. The molecule has 0 bridgehead atoms. The number of aromatic amines is 1. The predicted molar refractivity (Wildman–Crippen MR) is 121 cm³/mol. The number of rotatable bonds is 4. The van der Waals surface area contributed by atoms with Crippen LogP contribution in [0.5, 0.6) is 5.88 Å². The highest BCUT2D eigenvalue weighted by molar-refractivity contribution is 7.99. The Labute approximate surface area is 180 Å². The molecule has 0 radical (unpaired) electrons. The van der Waals surface area contributed by atoms with Crippen molar-refractivity contribution in [2.75, 3.05) is 37.5 Å². The molecule has 8 nitrogen and oxygen atoms in total. The van der Waals surface area contributed by atoms with Gasteiger partial charge in [0.25, 0.3) is 0 Å². The number of hydrogen-bond donors (Lipinski definition) is 2. The van der Waals surface area contributed by atoms with E-state index in [1.807, 2.05) is 30.1 Å². The number of nitrogens with one attached hydrogen (secondary N) is 1. The number of methoxy groups -OCH3 is 1. The number of thioether (sulfide) groups is 1. The highest BCUT2D eigenvalue weighted by Gasteiger charge is 2.26. The largest absolute Gasteiger partial charge is 0.481 e. The number of nitrogens with zero attached hydrogens (tertiary/aromatic N) is 4. The smallest absolute Gasteiger partial charge is 0.215 e. The van der Waals surface area contributed by atoms with Gasteiger partial charge in [-0.05, 0) is 31.6 Å². The standard InChI is InChI=1S/C21H25N5O2S.H3N/c1-13-12-28-8-7-26(13)18-11-16(17-4-3-9-29-17)23-21(24-18)15-10-19(27-2)25-20-14(15)5-6-22-20;/h5-6,10-11,13,17H,3-4,7-9,12H2,1-2H3,(H,22,25);1H3. The SMILES string of the molecule is COc1cc(-c2nc(C3CCCS3)cc(N3CCOCC3C)n2)c2cc[nH]c2n1.N. The van der Waals surface area contributed by atoms with Crippen LogP contribution in [0.15, 0.2) is 24.4 Å². The Morgan fingerprint density at radius 3 is 2.93 bits per heavy atom. The predicted octanol–water partition coefficient (Wildman–Crippen LogP) is 3.98. The summed E-state index contributed by atoms with van der Waals surface area (Å²) in [5, 5.41) is 1.43. The molecule has 0 spiro atoms. The number of aromatic nitrogens is 4. The summed E-state index contributed by atoms with van der Waals surface area (Å²) in [4.78, 5) is 20.0. The zero-order valence-electron chi connectivity index (χ0n) is 17.4. The van der Waals surface area contributed by atoms with Crippen molar-refractivity contribution >= 4 is 28.6 Å². The molecule has 0 aromatic carbocycles. The molecule has 0 amide bonds. The first kappa shape index (κ1) is 20.9. The molecule has 2 fully saturated rings. The van der Waals surface area contributed by atoms with E-state index >= 15 is 0 Å². The van der Waals surface area contributed by atoms with Crippen LogP contribution in [0, 0.1) is 0 Å². The van der Waals surface area contributed by atoms with E-state index < -0.39 is 0 Å². The second-order valence-corrected chi connectivity index (χ2v) is 8.86. The lowest BCUT2D eigenvalue weighted by molar-refractivity contribution is 0.0985. The molecule has 5 rings (SSSR count). The molecule has 2 unspecified atom stereocenters. The van der Waals surface area contributed by atoms with E-state index in [2.05, 4.69) is 27.9 Å². The van der Waals surface area contributed by atoms with Gasteiger partial charge in [0.05, 0.1) is 32.1 Å². The van der Waals surface area contributed by atoms with E-state index in [4.69, 9.17) is 19.4 Å². The van der Waals surface area contributed by atoms with Gasteiger partial charge in [-0.2, -0.15) is 16.7 Å². The Kier molecular flexibility index (Phi) is 6.12. The number of hydrogen-bond acceptors (Lipinski definition) is 8. The molecule has 4 N–H and O–H groups in total. The van der Waals surface area contributed by atoms with Crippen LogP contribution in [0.4, 0.5) is 5.82 Å². The molecular weight excluding hydrogens is 400 g/mol. The van der Waals surface area contributed by atoms with E-state index in [0.29, 0.717) is 11.1 Å². The van der Waals surface area contributed by atoms with Crippen molar-refractivity contribution < 1.29 is 9.47 Å². The number of ether oxygens (including phenoxy) is 2. The maximum Gasteiger partial charge on any atom is 0.215 e. The molecule has 0 aliphatic carbocycles. The molecule has 2 aliphatic rings. The van der Waals surface area contributed by atoms with E-state index in [-0.39, 0.29) is 12.2 Å². The average molecular weight is 429 g/mol. The summed E-state index contributed by atoms with van der Waals surface area (Å²) in [6.07, 6.45) is 4.30. The van der Waals surface area contributed by atoms with Crippen LogP contribution >= 0.6 is 11.8 Å². The summed E-state index contributed by atoms with van der Waals surface area (Å²) in [6.45, 7) is 4.47. The summed E-state index contributed by atoms with van der Waals surface area (Å²) in [5.41, 5.74) is 2.84. The fourth-order valence-electron chi connectivity index (χ4n) is 4.07. The van der Waals surface area contributed by atoms with Crippen molar-refractivity contribution in [2.45, 2.75) is 31.1 Å². The molecule has 2 saturated heterocycles. The first-order valence-corrected chi connectivity index (χ1v) is 11.2. The fraction of sp³-hybridized carbons (Fsp3) is 0.476. The van der Waals surface area contributed by atoms with Crippen LogP contribution in [0.1, 0.15) is 30.7 Å². The normalized spacial score (nSPS) is 21.6. The van der Waals surface area contributed by atoms with Crippen molar-refractivity contribution in [3.05, 3.63) is 30.1 Å². The quantitative estimate of drug-likeness (QED) is 0.642. The van der Waals surface area contributed by atoms with Crippen LogP contribution in [0.2, 0.25) is 0 Å². The number of anilines is 1. The Morgan fingerprint density at radius 2 is 2.17 bits per heavy atom. The first-order chi connectivity index (χ1) is 14.2. The molecule has 30 heavy (non-hydrogen) atoms. The third-order valence-corrected chi connectivity index (χ3v) is 7.01. The summed E-state index contributed by atoms with van der Waals surface area (Å²) >= 11 is 1.99. The zero-order chi connectivity index (χ0) is 19.8. The molecule has 2 atom stereocenters. The number of H-pyrrole nitrogens is 1. The number of morpholine rings is 1. The van der Waals surface area contributed by atoms with Gasteiger partial charge in [-0.1, -0.05) is 0 Å². The second kappa shape index (κ2) is 8.79. The van der Waals surface area contributed by atoms with Crippen molar-refractivity contribution in [2.24, 2.45) is 0 Å². The fourth-order valence-corrected chi connectivity index (χ4v) is 5.31. The third-order valence-electron chi connectivity index (χ3n) is 5.61. The van der Waals surface area contributed by atoms with Gasteiger partial charge in [0.15, 0.2) is 5.82 Å². The molecule has 3 aromatic heterocycles. The van der Waals surface area contributed by atoms with Crippen LogP contribution in [0.3, 0.4) is 0 Å². The summed E-state index contributed by atoms with van der Waals surface area (Å²) in [6, 6.07) is 6.42. The van der Waals surface area contributed by atoms with Gasteiger partial charge in [0, 0.05) is 41.1 Å². The minimum Gasteiger partial charge on any atom is -0.481 e. The van der Waals surface area contributed by atoms with Gasteiger partial charge >= 0.3 is 0 Å². The van der Waals surface area contributed by atoms with Gasteiger partial charge < -0.3 is 25.5 Å². The second-order valence-electron chi connectivity index (χ2n) is 7.55. The summed E-state index contributed by atoms with van der Waals surface area (Å²) in [7, 11) is 1.63. The number of pyridine rings is 1. The van der Waals surface area contributed by atoms with Crippen LogP contribution in [-0.4, -0.2) is 58.6 Å². The van der Waals surface area contributed by atoms with Crippen LogP contribution in [-0.2, 0) is 4.74 Å². The molecule has 160 valence electrons. The minimum atomic E-state index is 0. The third kappa shape index (κ3) is 3.84. The molecule has 9 heteroatoms. The average Bonchev–Trinajstić information content (AvgIpc) is 3.45. The monoisotopic (exact) mass is 428 g/mol. The first-order valence-electron chi connectivity index (χ1n) is 10.1. The van der Waals surface area contributed by atoms with Gasteiger partial charge in [-0.25, -0.2) is 9.97 Å². The molecule has 3 aromatic rings. The Bertz CT molecular complexity index is 1020. The van der Waals surface area contributed by atoms with Crippen molar-refractivity contribution in [3.63, 3.8) is 0 Å². The Morgan fingerprint density at radius 1 is 1.27 bits per heavy atom. The van der Waals surface area contributed by atoms with Gasteiger partial charge in [-0.15, -0.1) is 0 Å². The summed E-state index contributed by atoms with van der Waals surface area (Å²) < 4.78 is 11.1. The molecule has 0 saturated carbocycles. The lowest BCUT2D eigenvalue weighted by Crippen LogP contribution is -2.44. The van der Waals surface area contributed by atoms with E-state index in [1.165, 1.54) is 18.6 Å². The zero-order valence-corrected chi connectivity index (χ0v) is 18.2. The van der Waals surface area contributed by atoms with Crippen molar-refractivity contribution in [1.29, 1.82) is 0 Å². The Balaban J connectivity index is 0.00000218. The maximum absolute atomic E-state index is 5.64. The molecular formula is C21H28N6O2S. The molecule has 2 aliphatic heterocycles. The van der Waals surface area contributed by atoms with Crippen molar-refractivity contribution in [1.82, 2.24) is 26.1 Å². The topological polar surface area (TPSA) is 111 Å². The van der Waals surface area contributed by atoms with Crippen LogP contribution < -0.4 is 15.8 Å². The van der Waals surface area contributed by atoms with Gasteiger partial charge in [0.1, 0.15) is 11.5 Å². The van der Waals surface area contributed by atoms with Crippen molar-refractivity contribution in [3.8, 4) is 17.3 Å². The number of fused-ring (bicyclic) bond motifs is 1. The lowest BCUT2D eigenvalue weighted by Gasteiger charge is -2.34. The van der Waals surface area contributed by atoms with Gasteiger partial charge in [0.2, 0.25) is 5.88 Å². The Hall–Kier alpha value is -2.36. The summed E-state index contributed by atoms with van der Waals surface area (Å²) in [5.74, 6) is 3.46. The lowest BCUT2D eigenvalue weighted by atomic mass is 10.1. The highest BCUT2D eigenvalue weighted by Crippen LogP contribution is 2.41. The minimum absolute atomic E-state index is 0. The van der Waals surface area contributed by atoms with E-state index in [0.717, 1.165) is 53.7 Å².